The van der Waals surface area contributed by atoms with Crippen molar-refractivity contribution in [3.8, 4) is 0 Å². The van der Waals surface area contributed by atoms with E-state index in [1.807, 2.05) is 52.0 Å². The Balaban J connectivity index is 2.19. The summed E-state index contributed by atoms with van der Waals surface area (Å²) in [5.74, 6) is -1.55. The number of allylic oxidation sites excluding steroid dienone is 4. The van der Waals surface area contributed by atoms with Gasteiger partial charge in [-0.3, -0.25) is 9.59 Å². The number of hydrogen-bond donors (Lipinski definition) is 1. The standard InChI is InChI=1S/C30H38Cl2N2O5/c1-7-21(31)13-12-19(3)26-24(20-10-9-11-22(32)14-20)15-30(6,16-25(35)36)27(37)34(26)23(8-2)17-33-18-29(4,5)39-28(33)38/h7,9-14,23-24,26H,1,8,15-18H2,2-6H3,(H,35,36)/b19-12+,21-13+/t23-,24+,26+,30+/m0/s1. The summed E-state index contributed by atoms with van der Waals surface area (Å²) < 4.78 is 5.52. The fraction of sp³-hybridized carbons (Fsp3) is 0.500. The normalized spacial score (nSPS) is 26.4. The third kappa shape index (κ3) is 7.06. The molecule has 2 amide bonds. The fourth-order valence-electron chi connectivity index (χ4n) is 5.81. The van der Waals surface area contributed by atoms with Crippen molar-refractivity contribution in [1.82, 2.24) is 9.80 Å². The predicted molar refractivity (Wildman–Crippen MR) is 154 cm³/mol. The van der Waals surface area contributed by atoms with E-state index >= 15 is 0 Å². The number of ether oxygens (including phenoxy) is 1. The number of piperidine rings is 1. The van der Waals surface area contributed by atoms with Crippen molar-refractivity contribution < 1.29 is 24.2 Å². The maximum atomic E-state index is 14.3. The lowest BCUT2D eigenvalue weighted by Crippen LogP contribution is -2.62. The van der Waals surface area contributed by atoms with E-state index < -0.39 is 29.1 Å². The van der Waals surface area contributed by atoms with E-state index in [-0.39, 0.29) is 30.8 Å². The van der Waals surface area contributed by atoms with Crippen LogP contribution < -0.4 is 0 Å². The molecule has 2 fully saturated rings. The summed E-state index contributed by atoms with van der Waals surface area (Å²) >= 11 is 12.6. The average molecular weight is 578 g/mol. The quantitative estimate of drug-likeness (QED) is 0.310. The summed E-state index contributed by atoms with van der Waals surface area (Å²) in [7, 11) is 0. The van der Waals surface area contributed by atoms with Gasteiger partial charge in [0, 0.05) is 28.6 Å². The number of nitrogens with zero attached hydrogens (tertiary/aromatic N) is 2. The number of likely N-dealkylation sites (tertiary alicyclic amines) is 1. The van der Waals surface area contributed by atoms with Crippen LogP contribution in [0.25, 0.3) is 0 Å². The van der Waals surface area contributed by atoms with Gasteiger partial charge in [0.1, 0.15) is 5.60 Å². The Morgan fingerprint density at radius 3 is 2.51 bits per heavy atom. The maximum Gasteiger partial charge on any atom is 0.410 e. The molecular weight excluding hydrogens is 539 g/mol. The first kappa shape index (κ1) is 30.8. The molecule has 2 aliphatic heterocycles. The molecule has 3 rings (SSSR count). The van der Waals surface area contributed by atoms with E-state index in [9.17, 15) is 19.5 Å². The van der Waals surface area contributed by atoms with Gasteiger partial charge >= 0.3 is 12.1 Å². The van der Waals surface area contributed by atoms with E-state index in [0.717, 1.165) is 11.1 Å². The Kier molecular flexibility index (Phi) is 9.60. The van der Waals surface area contributed by atoms with Gasteiger partial charge in [-0.05, 0) is 57.4 Å². The minimum atomic E-state index is -1.16. The first-order valence-corrected chi connectivity index (χ1v) is 13.9. The van der Waals surface area contributed by atoms with E-state index in [1.54, 1.807) is 28.9 Å². The molecule has 0 spiro atoms. The molecule has 9 heteroatoms. The Morgan fingerprint density at radius 2 is 1.97 bits per heavy atom. The van der Waals surface area contributed by atoms with Crippen molar-refractivity contribution in [2.45, 2.75) is 77.5 Å². The van der Waals surface area contributed by atoms with Crippen LogP contribution in [-0.4, -0.2) is 63.7 Å². The summed E-state index contributed by atoms with van der Waals surface area (Å²) in [6.45, 7) is 13.7. The van der Waals surface area contributed by atoms with Crippen molar-refractivity contribution in [2.24, 2.45) is 5.41 Å². The highest BCUT2D eigenvalue weighted by molar-refractivity contribution is 6.31. The van der Waals surface area contributed by atoms with Crippen LogP contribution in [0.5, 0.6) is 0 Å². The third-order valence-electron chi connectivity index (χ3n) is 7.58. The zero-order valence-electron chi connectivity index (χ0n) is 23.2. The molecule has 4 atom stereocenters. The van der Waals surface area contributed by atoms with Crippen LogP contribution >= 0.6 is 23.2 Å². The molecule has 212 valence electrons. The number of rotatable bonds is 10. The molecule has 0 bridgehead atoms. The summed E-state index contributed by atoms with van der Waals surface area (Å²) in [5.41, 5.74) is -0.0232. The molecule has 2 saturated heterocycles. The second-order valence-corrected chi connectivity index (χ2v) is 12.3. The zero-order valence-corrected chi connectivity index (χ0v) is 24.8. The van der Waals surface area contributed by atoms with Crippen molar-refractivity contribution >= 4 is 41.2 Å². The molecule has 39 heavy (non-hydrogen) atoms. The van der Waals surface area contributed by atoms with Crippen molar-refractivity contribution in [2.75, 3.05) is 13.1 Å². The average Bonchev–Trinajstić information content (AvgIpc) is 3.12. The Morgan fingerprint density at radius 1 is 1.28 bits per heavy atom. The molecule has 0 radical (unpaired) electrons. The highest BCUT2D eigenvalue weighted by atomic mass is 35.5. The number of cyclic esters (lactones) is 1. The number of carbonyl (C=O) groups excluding carboxylic acids is 2. The molecule has 2 aliphatic rings. The van der Waals surface area contributed by atoms with Crippen LogP contribution in [0, 0.1) is 5.41 Å². The van der Waals surface area contributed by atoms with Gasteiger partial charge in [0.05, 0.1) is 24.4 Å². The maximum absolute atomic E-state index is 14.3. The minimum Gasteiger partial charge on any atom is -0.481 e. The van der Waals surface area contributed by atoms with Gasteiger partial charge < -0.3 is 19.6 Å². The van der Waals surface area contributed by atoms with Crippen molar-refractivity contribution in [3.63, 3.8) is 0 Å². The molecule has 7 nitrogen and oxygen atoms in total. The van der Waals surface area contributed by atoms with Gasteiger partial charge in [-0.2, -0.15) is 0 Å². The number of benzene rings is 1. The minimum absolute atomic E-state index is 0.251. The first-order valence-electron chi connectivity index (χ1n) is 13.2. The van der Waals surface area contributed by atoms with E-state index in [2.05, 4.69) is 6.58 Å². The predicted octanol–water partition coefficient (Wildman–Crippen LogP) is 6.77. The summed E-state index contributed by atoms with van der Waals surface area (Å²) in [6.07, 6.45) is 5.26. The second kappa shape index (κ2) is 12.2. The number of amides is 2. The van der Waals surface area contributed by atoms with Crippen LogP contribution in [0.1, 0.15) is 65.4 Å². The number of hydrogen-bond acceptors (Lipinski definition) is 4. The van der Waals surface area contributed by atoms with E-state index in [0.29, 0.717) is 29.4 Å². The smallest absolute Gasteiger partial charge is 0.410 e. The molecule has 1 aromatic rings. The SMILES string of the molecule is C=C/C(Cl)=C\C=C(/C)[C@@H]1[C@@H](c2cccc(Cl)c2)C[C@](C)(CC(=O)O)C(=O)N1[C@@H](CC)CN1CC(C)(C)OC1=O. The van der Waals surface area contributed by atoms with E-state index in [1.165, 1.54) is 6.08 Å². The van der Waals surface area contributed by atoms with Gasteiger partial charge in [0.2, 0.25) is 5.91 Å². The highest BCUT2D eigenvalue weighted by Gasteiger charge is 2.53. The number of aliphatic carboxylic acids is 1. The van der Waals surface area contributed by atoms with Gasteiger partial charge in [-0.25, -0.2) is 4.79 Å². The Hall–Kier alpha value is -2.77. The first-order chi connectivity index (χ1) is 18.2. The Bertz CT molecular complexity index is 1190. The van der Waals surface area contributed by atoms with Gasteiger partial charge in [0.15, 0.2) is 0 Å². The van der Waals surface area contributed by atoms with Crippen LogP contribution in [-0.2, 0) is 14.3 Å². The molecule has 1 aromatic carbocycles. The zero-order chi connectivity index (χ0) is 29.1. The van der Waals surface area contributed by atoms with Gasteiger partial charge in [-0.15, -0.1) is 0 Å². The monoisotopic (exact) mass is 576 g/mol. The number of carbonyl (C=O) groups is 3. The molecule has 0 unspecified atom stereocenters. The molecule has 2 heterocycles. The van der Waals surface area contributed by atoms with Crippen LogP contribution in [0.3, 0.4) is 0 Å². The number of halogens is 2. The van der Waals surface area contributed by atoms with Crippen molar-refractivity contribution in [1.29, 1.82) is 0 Å². The van der Waals surface area contributed by atoms with Crippen LogP contribution in [0.2, 0.25) is 5.02 Å². The van der Waals surface area contributed by atoms with Crippen LogP contribution in [0.4, 0.5) is 4.79 Å². The number of carboxylic acids is 1. The molecule has 1 N–H and O–H groups in total. The molecule has 0 aromatic heterocycles. The number of carboxylic acid groups (broad SMARTS) is 1. The topological polar surface area (TPSA) is 87.2 Å². The van der Waals surface area contributed by atoms with Crippen molar-refractivity contribution in [3.05, 3.63) is 70.3 Å². The third-order valence-corrected chi connectivity index (χ3v) is 8.09. The molecule has 0 aliphatic carbocycles. The molecular formula is C30H38Cl2N2O5. The summed E-state index contributed by atoms with van der Waals surface area (Å²) in [6, 6.07) is 6.65. The largest absolute Gasteiger partial charge is 0.481 e. The van der Waals surface area contributed by atoms with Gasteiger partial charge in [0.25, 0.3) is 0 Å². The summed E-state index contributed by atoms with van der Waals surface area (Å²) in [5, 5.41) is 10.8. The second-order valence-electron chi connectivity index (χ2n) is 11.4. The van der Waals surface area contributed by atoms with Crippen LogP contribution in [0.15, 0.2) is 59.7 Å². The van der Waals surface area contributed by atoms with Gasteiger partial charge in [-0.1, -0.05) is 73.5 Å². The lowest BCUT2D eigenvalue weighted by atomic mass is 9.67. The van der Waals surface area contributed by atoms with E-state index in [4.69, 9.17) is 27.9 Å². The summed E-state index contributed by atoms with van der Waals surface area (Å²) in [4.78, 5) is 42.4. The lowest BCUT2D eigenvalue weighted by Gasteiger charge is -2.52. The Labute approximate surface area is 241 Å². The lowest BCUT2D eigenvalue weighted by molar-refractivity contribution is -0.159. The fourth-order valence-corrected chi connectivity index (χ4v) is 6.07. The molecule has 0 saturated carbocycles. The highest BCUT2D eigenvalue weighted by Crippen LogP contribution is 2.48.